The monoisotopic (exact) mass is 271 g/mol. The number of fused-ring (bicyclic) bond motifs is 1. The van der Waals surface area contributed by atoms with Gasteiger partial charge in [0.15, 0.2) is 0 Å². The number of ether oxygens (including phenoxy) is 1. The number of benzene rings is 1. The molecule has 2 rings (SSSR count). The first-order valence-electron chi connectivity index (χ1n) is 4.03. The minimum absolute atomic E-state index is 0.294. The molecule has 6 heteroatoms. The third kappa shape index (κ3) is 1.56. The second kappa shape index (κ2) is 3.54. The van der Waals surface area contributed by atoms with Gasteiger partial charge in [0.2, 0.25) is 0 Å². The fraction of sp³-hybridized carbons (Fsp3) is 0.111. The fourth-order valence-corrected chi connectivity index (χ4v) is 1.88. The number of methoxy groups -OCH3 is 1. The Balaban J connectivity index is 2.99. The van der Waals surface area contributed by atoms with E-state index >= 15 is 0 Å². The van der Waals surface area contributed by atoms with Gasteiger partial charge in [-0.1, -0.05) is 0 Å². The lowest BCUT2D eigenvalue weighted by atomic mass is 10.2. The first-order valence-corrected chi connectivity index (χ1v) is 4.82. The molecular formula is C9H6BrNO4. The van der Waals surface area contributed by atoms with Crippen LogP contribution in [-0.4, -0.2) is 12.1 Å². The van der Waals surface area contributed by atoms with Crippen molar-refractivity contribution in [2.24, 2.45) is 0 Å². The maximum atomic E-state index is 11.3. The van der Waals surface area contributed by atoms with Crippen LogP contribution in [-0.2, 0) is 0 Å². The fourth-order valence-electron chi connectivity index (χ4n) is 1.27. The van der Waals surface area contributed by atoms with Crippen molar-refractivity contribution in [1.29, 1.82) is 0 Å². The molecule has 1 aromatic heterocycles. The summed E-state index contributed by atoms with van der Waals surface area (Å²) in [6.07, 6.45) is 0. The van der Waals surface area contributed by atoms with Crippen LogP contribution < -0.4 is 16.1 Å². The number of hydrogen-bond donors (Lipinski definition) is 1. The molecule has 15 heavy (non-hydrogen) atoms. The summed E-state index contributed by atoms with van der Waals surface area (Å²) in [5.74, 6) is -0.259. The second-order valence-electron chi connectivity index (χ2n) is 2.81. The molecule has 0 saturated carbocycles. The molecule has 1 heterocycles. The molecule has 0 fully saturated rings. The van der Waals surface area contributed by atoms with Gasteiger partial charge in [-0.15, -0.1) is 0 Å². The van der Waals surface area contributed by atoms with Crippen LogP contribution in [0.4, 0.5) is 0 Å². The minimum atomic E-state index is -0.790. The summed E-state index contributed by atoms with van der Waals surface area (Å²) in [6, 6.07) is 3.14. The Hall–Kier alpha value is -1.56. The highest BCUT2D eigenvalue weighted by Crippen LogP contribution is 2.29. The third-order valence-electron chi connectivity index (χ3n) is 1.96. The van der Waals surface area contributed by atoms with Gasteiger partial charge >= 0.3 is 11.4 Å². The molecule has 0 saturated heterocycles. The summed E-state index contributed by atoms with van der Waals surface area (Å²) in [5, 5.41) is 0.294. The van der Waals surface area contributed by atoms with Gasteiger partial charge in [-0.25, -0.2) is 9.59 Å². The van der Waals surface area contributed by atoms with Crippen LogP contribution in [0.3, 0.4) is 0 Å². The van der Waals surface area contributed by atoms with E-state index in [-0.39, 0.29) is 0 Å². The van der Waals surface area contributed by atoms with E-state index in [1.54, 1.807) is 6.07 Å². The lowest BCUT2D eigenvalue weighted by Crippen LogP contribution is -2.14. The smallest absolute Gasteiger partial charge is 0.419 e. The number of aromatic nitrogens is 1. The van der Waals surface area contributed by atoms with Crippen LogP contribution in [0.2, 0.25) is 0 Å². The molecule has 0 aliphatic rings. The zero-order valence-corrected chi connectivity index (χ0v) is 9.25. The van der Waals surface area contributed by atoms with Crippen molar-refractivity contribution in [3.63, 3.8) is 0 Å². The first-order chi connectivity index (χ1) is 7.13. The summed E-state index contributed by atoms with van der Waals surface area (Å²) < 4.78 is 9.94. The molecule has 5 nitrogen and oxygen atoms in total. The van der Waals surface area contributed by atoms with E-state index in [4.69, 9.17) is 4.74 Å². The number of rotatable bonds is 1. The Morgan fingerprint density at radius 3 is 2.80 bits per heavy atom. The number of H-pyrrole nitrogens is 1. The van der Waals surface area contributed by atoms with E-state index in [0.29, 0.717) is 21.1 Å². The Bertz CT molecular complexity index is 628. The number of nitrogens with one attached hydrogen (secondary N) is 1. The second-order valence-corrected chi connectivity index (χ2v) is 3.60. The van der Waals surface area contributed by atoms with Crippen LogP contribution in [0.25, 0.3) is 10.9 Å². The van der Waals surface area contributed by atoms with Crippen LogP contribution in [0.1, 0.15) is 0 Å². The molecule has 2 aromatic rings. The van der Waals surface area contributed by atoms with Crippen molar-refractivity contribution in [2.75, 3.05) is 7.11 Å². The standard InChI is InChI=1S/C9H6BrNO4/c1-14-5-3-2-4-7(6(5)10)11-9(13)15-8(4)12/h2-3H,1H3,(H,11,13). The zero-order chi connectivity index (χ0) is 11.0. The molecule has 0 atom stereocenters. The largest absolute Gasteiger partial charge is 0.495 e. The molecule has 0 unspecified atom stereocenters. The highest BCUT2D eigenvalue weighted by molar-refractivity contribution is 9.10. The Kier molecular flexibility index (Phi) is 2.36. The molecule has 0 radical (unpaired) electrons. The molecule has 0 aliphatic carbocycles. The molecule has 1 N–H and O–H groups in total. The van der Waals surface area contributed by atoms with Gasteiger partial charge in [0.25, 0.3) is 0 Å². The SMILES string of the molecule is COc1ccc2c(=O)oc(=O)[nH]c2c1Br. The summed E-state index contributed by atoms with van der Waals surface area (Å²) in [4.78, 5) is 24.7. The van der Waals surface area contributed by atoms with Crippen molar-refractivity contribution in [3.8, 4) is 5.75 Å². The van der Waals surface area contributed by atoms with Gasteiger partial charge in [0.1, 0.15) is 5.75 Å². The summed E-state index contributed by atoms with van der Waals surface area (Å²) in [7, 11) is 1.50. The van der Waals surface area contributed by atoms with Gasteiger partial charge in [-0.3, -0.25) is 4.98 Å². The zero-order valence-electron chi connectivity index (χ0n) is 7.67. The van der Waals surface area contributed by atoms with Crippen molar-refractivity contribution in [3.05, 3.63) is 37.6 Å². The number of hydrogen-bond acceptors (Lipinski definition) is 4. The van der Waals surface area contributed by atoms with E-state index in [1.165, 1.54) is 13.2 Å². The van der Waals surface area contributed by atoms with Crippen molar-refractivity contribution in [2.45, 2.75) is 0 Å². The summed E-state index contributed by atoms with van der Waals surface area (Å²) >= 11 is 3.23. The van der Waals surface area contributed by atoms with Gasteiger partial charge in [-0.2, -0.15) is 0 Å². The summed E-state index contributed by atoms with van der Waals surface area (Å²) in [6.45, 7) is 0. The highest BCUT2D eigenvalue weighted by atomic mass is 79.9. The molecule has 0 amide bonds. The molecule has 0 spiro atoms. The molecule has 0 bridgehead atoms. The predicted octanol–water partition coefficient (Wildman–Crippen LogP) is 1.25. The van der Waals surface area contributed by atoms with Gasteiger partial charge in [-0.05, 0) is 28.1 Å². The normalized spacial score (nSPS) is 10.5. The van der Waals surface area contributed by atoms with Crippen LogP contribution in [0, 0.1) is 0 Å². The maximum absolute atomic E-state index is 11.3. The Labute approximate surface area is 91.8 Å². The quantitative estimate of drug-likeness (QED) is 0.848. The minimum Gasteiger partial charge on any atom is -0.495 e. The average Bonchev–Trinajstić information content (AvgIpc) is 2.19. The molecule has 78 valence electrons. The lowest BCUT2D eigenvalue weighted by molar-refractivity contribution is 0.412. The summed E-state index contributed by atoms with van der Waals surface area (Å²) in [5.41, 5.74) is -0.298. The Morgan fingerprint density at radius 2 is 2.13 bits per heavy atom. The number of aromatic amines is 1. The van der Waals surface area contributed by atoms with Crippen LogP contribution >= 0.6 is 15.9 Å². The highest BCUT2D eigenvalue weighted by Gasteiger charge is 2.09. The first kappa shape index (κ1) is 9.97. The average molecular weight is 272 g/mol. The maximum Gasteiger partial charge on any atom is 0.419 e. The van der Waals surface area contributed by atoms with Crippen LogP contribution in [0.15, 0.2) is 30.6 Å². The van der Waals surface area contributed by atoms with E-state index in [2.05, 4.69) is 25.3 Å². The molecular weight excluding hydrogens is 266 g/mol. The van der Waals surface area contributed by atoms with Gasteiger partial charge < -0.3 is 9.15 Å². The topological polar surface area (TPSA) is 72.3 Å². The van der Waals surface area contributed by atoms with Crippen molar-refractivity contribution >= 4 is 26.8 Å². The van der Waals surface area contributed by atoms with E-state index in [0.717, 1.165) is 0 Å². The lowest BCUT2D eigenvalue weighted by Gasteiger charge is -2.04. The number of halogens is 1. The predicted molar refractivity (Wildman–Crippen MR) is 57.4 cm³/mol. The molecule has 0 aliphatic heterocycles. The van der Waals surface area contributed by atoms with Gasteiger partial charge in [0, 0.05) is 0 Å². The Morgan fingerprint density at radius 1 is 1.40 bits per heavy atom. The third-order valence-corrected chi connectivity index (χ3v) is 2.75. The molecule has 1 aromatic carbocycles. The van der Waals surface area contributed by atoms with E-state index in [1.807, 2.05) is 0 Å². The van der Waals surface area contributed by atoms with E-state index < -0.39 is 11.4 Å². The van der Waals surface area contributed by atoms with Crippen molar-refractivity contribution < 1.29 is 9.15 Å². The van der Waals surface area contributed by atoms with Crippen molar-refractivity contribution in [1.82, 2.24) is 4.98 Å². The van der Waals surface area contributed by atoms with E-state index in [9.17, 15) is 9.59 Å². The van der Waals surface area contributed by atoms with Crippen LogP contribution in [0.5, 0.6) is 5.75 Å². The van der Waals surface area contributed by atoms with Gasteiger partial charge in [0.05, 0.1) is 22.5 Å².